The Labute approximate surface area is 134 Å². The molecule has 0 unspecified atom stereocenters. The maximum absolute atomic E-state index is 11.5. The van der Waals surface area contributed by atoms with Gasteiger partial charge in [0.05, 0.1) is 11.3 Å². The third kappa shape index (κ3) is 4.42. The molecule has 0 aliphatic rings. The Hall–Kier alpha value is -3.13. The first kappa shape index (κ1) is 16.2. The maximum Gasteiger partial charge on any atom is 0.221 e. The smallest absolute Gasteiger partial charge is 0.221 e. The van der Waals surface area contributed by atoms with Crippen LogP contribution in [0.5, 0.6) is 0 Å². The first-order chi connectivity index (χ1) is 11.0. The van der Waals surface area contributed by atoms with Crippen molar-refractivity contribution in [2.75, 3.05) is 10.6 Å². The molecule has 0 saturated carbocycles. The molecular weight excluding hydrogens is 290 g/mol. The molecule has 0 heterocycles. The van der Waals surface area contributed by atoms with Gasteiger partial charge in [-0.25, -0.2) is 0 Å². The summed E-state index contributed by atoms with van der Waals surface area (Å²) in [6, 6.07) is 14.5. The van der Waals surface area contributed by atoms with E-state index in [0.717, 1.165) is 11.3 Å². The van der Waals surface area contributed by atoms with Crippen molar-refractivity contribution in [3.8, 4) is 6.07 Å². The van der Waals surface area contributed by atoms with Gasteiger partial charge < -0.3 is 10.6 Å². The summed E-state index contributed by atoms with van der Waals surface area (Å²) in [5.74, 6) is -0.179. The third-order valence-corrected chi connectivity index (χ3v) is 3.28. The van der Waals surface area contributed by atoms with E-state index in [1.165, 1.54) is 13.8 Å². The van der Waals surface area contributed by atoms with Crippen molar-refractivity contribution >= 4 is 23.1 Å². The quantitative estimate of drug-likeness (QED) is 0.830. The van der Waals surface area contributed by atoms with Crippen LogP contribution in [0.4, 0.5) is 11.4 Å². The molecule has 0 bridgehead atoms. The Bertz CT molecular complexity index is 791. The molecule has 2 aromatic rings. The molecule has 0 aromatic heterocycles. The zero-order chi connectivity index (χ0) is 16.8. The lowest BCUT2D eigenvalue weighted by molar-refractivity contribution is -0.114. The van der Waals surface area contributed by atoms with Gasteiger partial charge in [-0.2, -0.15) is 5.26 Å². The monoisotopic (exact) mass is 307 g/mol. The lowest BCUT2D eigenvalue weighted by Gasteiger charge is -2.11. The van der Waals surface area contributed by atoms with E-state index < -0.39 is 0 Å². The second kappa shape index (κ2) is 7.23. The second-order valence-electron chi connectivity index (χ2n) is 5.16. The van der Waals surface area contributed by atoms with Crippen molar-refractivity contribution < 1.29 is 9.59 Å². The number of hydrogen-bond donors (Lipinski definition) is 2. The Morgan fingerprint density at radius 3 is 2.57 bits per heavy atom. The van der Waals surface area contributed by atoms with E-state index in [1.807, 2.05) is 24.3 Å². The summed E-state index contributed by atoms with van der Waals surface area (Å²) in [5.41, 5.74) is 3.32. The first-order valence-corrected chi connectivity index (χ1v) is 7.15. The van der Waals surface area contributed by atoms with Gasteiger partial charge >= 0.3 is 0 Å². The number of Topliss-reactive ketones (excluding diaryl/α,β-unsaturated/α-hetero) is 1. The van der Waals surface area contributed by atoms with Crippen molar-refractivity contribution in [3.63, 3.8) is 0 Å². The second-order valence-corrected chi connectivity index (χ2v) is 5.16. The summed E-state index contributed by atoms with van der Waals surface area (Å²) >= 11 is 0. The van der Waals surface area contributed by atoms with Gasteiger partial charge in [-0.1, -0.05) is 12.1 Å². The molecule has 0 saturated heterocycles. The molecule has 0 radical (unpaired) electrons. The fraction of sp³-hybridized carbons (Fsp3) is 0.167. The van der Waals surface area contributed by atoms with Crippen molar-refractivity contribution in [3.05, 3.63) is 59.2 Å². The predicted molar refractivity (Wildman–Crippen MR) is 89.2 cm³/mol. The predicted octanol–water partition coefficient (Wildman–Crippen LogP) is 3.33. The van der Waals surface area contributed by atoms with Gasteiger partial charge in [0, 0.05) is 24.7 Å². The van der Waals surface area contributed by atoms with Crippen LogP contribution in [0.15, 0.2) is 42.5 Å². The van der Waals surface area contributed by atoms with Crippen molar-refractivity contribution in [1.82, 2.24) is 0 Å². The van der Waals surface area contributed by atoms with Gasteiger partial charge in [0.2, 0.25) is 5.91 Å². The number of carbonyl (C=O) groups is 2. The number of nitrogens with zero attached hydrogens (tertiary/aromatic N) is 1. The van der Waals surface area contributed by atoms with E-state index >= 15 is 0 Å². The van der Waals surface area contributed by atoms with E-state index in [2.05, 4.69) is 16.7 Å². The van der Waals surface area contributed by atoms with E-state index in [1.54, 1.807) is 18.2 Å². The highest BCUT2D eigenvalue weighted by Crippen LogP contribution is 2.19. The zero-order valence-corrected chi connectivity index (χ0v) is 13.0. The van der Waals surface area contributed by atoms with Crippen LogP contribution in [0.3, 0.4) is 0 Å². The number of nitriles is 1. The van der Waals surface area contributed by atoms with Gasteiger partial charge in [-0.15, -0.1) is 0 Å². The summed E-state index contributed by atoms with van der Waals surface area (Å²) in [6.07, 6.45) is 0. The average molecular weight is 307 g/mol. The van der Waals surface area contributed by atoms with Crippen LogP contribution in [0.1, 0.15) is 35.3 Å². The standard InChI is InChI=1S/C18H17N3O2/c1-12(22)15-6-7-16(10-19)18(9-15)20-11-14-4-3-5-17(8-14)21-13(2)23/h3-9,20H,11H2,1-2H3,(H,21,23). The van der Waals surface area contributed by atoms with E-state index in [4.69, 9.17) is 5.26 Å². The van der Waals surface area contributed by atoms with Crippen LogP contribution in [-0.2, 0) is 11.3 Å². The lowest BCUT2D eigenvalue weighted by atomic mass is 10.1. The zero-order valence-electron chi connectivity index (χ0n) is 13.0. The Morgan fingerprint density at radius 2 is 1.91 bits per heavy atom. The third-order valence-electron chi connectivity index (χ3n) is 3.28. The maximum atomic E-state index is 11.5. The van der Waals surface area contributed by atoms with Crippen LogP contribution < -0.4 is 10.6 Å². The summed E-state index contributed by atoms with van der Waals surface area (Å²) < 4.78 is 0. The van der Waals surface area contributed by atoms with Crippen LogP contribution in [0.25, 0.3) is 0 Å². The summed E-state index contributed by atoms with van der Waals surface area (Å²) in [6.45, 7) is 3.42. The summed E-state index contributed by atoms with van der Waals surface area (Å²) in [5, 5.41) is 15.1. The molecule has 116 valence electrons. The molecule has 0 aliphatic heterocycles. The summed E-state index contributed by atoms with van der Waals surface area (Å²) in [7, 11) is 0. The number of carbonyl (C=O) groups excluding carboxylic acids is 2. The molecule has 1 amide bonds. The highest BCUT2D eigenvalue weighted by atomic mass is 16.1. The number of benzene rings is 2. The highest BCUT2D eigenvalue weighted by molar-refractivity contribution is 5.95. The van der Waals surface area contributed by atoms with E-state index in [-0.39, 0.29) is 11.7 Å². The van der Waals surface area contributed by atoms with Crippen LogP contribution in [0, 0.1) is 11.3 Å². The molecule has 0 aliphatic carbocycles. The van der Waals surface area contributed by atoms with Gasteiger partial charge in [-0.05, 0) is 42.8 Å². The van der Waals surface area contributed by atoms with Crippen LogP contribution in [0.2, 0.25) is 0 Å². The number of ketones is 1. The van der Waals surface area contributed by atoms with E-state index in [9.17, 15) is 9.59 Å². The molecule has 5 heteroatoms. The van der Waals surface area contributed by atoms with Crippen molar-refractivity contribution in [2.45, 2.75) is 20.4 Å². The number of rotatable bonds is 5. The molecule has 5 nitrogen and oxygen atoms in total. The molecule has 2 aromatic carbocycles. The highest BCUT2D eigenvalue weighted by Gasteiger charge is 2.07. The minimum absolute atomic E-state index is 0.0507. The number of amides is 1. The van der Waals surface area contributed by atoms with Crippen LogP contribution in [-0.4, -0.2) is 11.7 Å². The fourth-order valence-electron chi connectivity index (χ4n) is 2.17. The molecular formula is C18H17N3O2. The number of hydrogen-bond acceptors (Lipinski definition) is 4. The molecule has 0 fully saturated rings. The van der Waals surface area contributed by atoms with Crippen molar-refractivity contribution in [1.29, 1.82) is 5.26 Å². The van der Waals surface area contributed by atoms with Crippen molar-refractivity contribution in [2.24, 2.45) is 0 Å². The molecule has 2 rings (SSSR count). The first-order valence-electron chi connectivity index (χ1n) is 7.15. The van der Waals surface area contributed by atoms with Gasteiger partial charge in [0.25, 0.3) is 0 Å². The molecule has 23 heavy (non-hydrogen) atoms. The molecule has 0 atom stereocenters. The molecule has 0 spiro atoms. The molecule has 2 N–H and O–H groups in total. The van der Waals surface area contributed by atoms with Crippen LogP contribution >= 0.6 is 0 Å². The van der Waals surface area contributed by atoms with Gasteiger partial charge in [0.15, 0.2) is 5.78 Å². The topological polar surface area (TPSA) is 82.0 Å². The lowest BCUT2D eigenvalue weighted by Crippen LogP contribution is -2.07. The average Bonchev–Trinajstić information content (AvgIpc) is 2.52. The van der Waals surface area contributed by atoms with E-state index in [0.29, 0.717) is 23.4 Å². The Kier molecular flexibility index (Phi) is 5.11. The Balaban J connectivity index is 2.17. The number of anilines is 2. The van der Waals surface area contributed by atoms with Gasteiger partial charge in [0.1, 0.15) is 6.07 Å². The summed E-state index contributed by atoms with van der Waals surface area (Å²) in [4.78, 5) is 22.6. The Morgan fingerprint density at radius 1 is 1.13 bits per heavy atom. The van der Waals surface area contributed by atoms with Gasteiger partial charge in [-0.3, -0.25) is 9.59 Å². The minimum atomic E-state index is -0.129. The fourth-order valence-corrected chi connectivity index (χ4v) is 2.17. The minimum Gasteiger partial charge on any atom is -0.380 e. The largest absolute Gasteiger partial charge is 0.380 e. The SMILES string of the molecule is CC(=O)Nc1cccc(CNc2cc(C(C)=O)ccc2C#N)c1. The number of nitrogens with one attached hydrogen (secondary N) is 2. The normalized spacial score (nSPS) is 9.78.